The zero-order chi connectivity index (χ0) is 18.0. The van der Waals surface area contributed by atoms with Crippen molar-refractivity contribution in [1.82, 2.24) is 4.57 Å². The van der Waals surface area contributed by atoms with Crippen molar-refractivity contribution in [2.45, 2.75) is 27.3 Å². The van der Waals surface area contributed by atoms with Crippen molar-refractivity contribution in [2.75, 3.05) is 0 Å². The third kappa shape index (κ3) is 3.75. The molecule has 1 aromatic heterocycles. The minimum Gasteiger partial charge on any atom is -0.316 e. The smallest absolute Gasteiger partial charge is 0.279 e. The summed E-state index contributed by atoms with van der Waals surface area (Å²) in [6, 6.07) is 15.2. The monoisotopic (exact) mass is 370 g/mol. The highest BCUT2D eigenvalue weighted by Gasteiger charge is 2.13. The fourth-order valence-corrected chi connectivity index (χ4v) is 3.90. The summed E-state index contributed by atoms with van der Waals surface area (Å²) in [4.78, 5) is 18.7. The molecule has 0 saturated carbocycles. The Balaban J connectivity index is 2.08. The Bertz CT molecular complexity index is 966. The third-order valence-corrected chi connectivity index (χ3v) is 5.25. The Labute approximate surface area is 156 Å². The highest BCUT2D eigenvalue weighted by Crippen LogP contribution is 2.25. The van der Waals surface area contributed by atoms with Gasteiger partial charge in [-0.25, -0.2) is 0 Å². The molecule has 1 heterocycles. The van der Waals surface area contributed by atoms with E-state index in [0.717, 1.165) is 27.5 Å². The highest BCUT2D eigenvalue weighted by molar-refractivity contribution is 7.09. The molecule has 25 heavy (non-hydrogen) atoms. The number of aromatic nitrogens is 1. The van der Waals surface area contributed by atoms with Gasteiger partial charge in [0.1, 0.15) is 0 Å². The number of amides is 1. The zero-order valence-corrected chi connectivity index (χ0v) is 16.0. The lowest BCUT2D eigenvalue weighted by atomic mass is 10.1. The average molecular weight is 371 g/mol. The van der Waals surface area contributed by atoms with Crippen LogP contribution >= 0.6 is 22.9 Å². The third-order valence-electron chi connectivity index (χ3n) is 4.01. The van der Waals surface area contributed by atoms with Gasteiger partial charge in [0.25, 0.3) is 5.91 Å². The van der Waals surface area contributed by atoms with Gasteiger partial charge in [0.2, 0.25) is 0 Å². The SMILES string of the molecule is CCn1c(-c2ccc(C)cc2)c(C)sc1=NC(=O)c1ccc(Cl)cc1. The molecule has 0 N–H and O–H groups in total. The summed E-state index contributed by atoms with van der Waals surface area (Å²) >= 11 is 7.42. The van der Waals surface area contributed by atoms with Crippen molar-refractivity contribution in [3.05, 3.63) is 74.4 Å². The molecule has 0 saturated heterocycles. The fraction of sp³-hybridized carbons (Fsp3) is 0.200. The molecule has 0 aliphatic heterocycles. The number of benzene rings is 2. The maximum absolute atomic E-state index is 12.5. The lowest BCUT2D eigenvalue weighted by Gasteiger charge is -2.08. The van der Waals surface area contributed by atoms with Crippen LogP contribution in [-0.4, -0.2) is 10.5 Å². The summed E-state index contributed by atoms with van der Waals surface area (Å²) in [6.07, 6.45) is 0. The van der Waals surface area contributed by atoms with Crippen LogP contribution in [0.1, 0.15) is 27.7 Å². The first-order valence-corrected chi connectivity index (χ1v) is 9.31. The van der Waals surface area contributed by atoms with E-state index in [-0.39, 0.29) is 5.91 Å². The Morgan fingerprint density at radius 1 is 1.08 bits per heavy atom. The summed E-state index contributed by atoms with van der Waals surface area (Å²) in [7, 11) is 0. The molecule has 5 heteroatoms. The van der Waals surface area contributed by atoms with Crippen LogP contribution in [0.25, 0.3) is 11.3 Å². The quantitative estimate of drug-likeness (QED) is 0.620. The van der Waals surface area contributed by atoms with Crippen molar-refractivity contribution in [2.24, 2.45) is 4.99 Å². The molecule has 3 rings (SSSR count). The first-order valence-electron chi connectivity index (χ1n) is 8.11. The van der Waals surface area contributed by atoms with Crippen molar-refractivity contribution in [1.29, 1.82) is 0 Å². The number of rotatable bonds is 3. The molecule has 0 atom stereocenters. The molecule has 1 amide bonds. The van der Waals surface area contributed by atoms with E-state index in [1.807, 2.05) is 0 Å². The van der Waals surface area contributed by atoms with Gasteiger partial charge in [-0.2, -0.15) is 4.99 Å². The molecule has 0 aliphatic rings. The number of carbonyl (C=O) groups is 1. The zero-order valence-electron chi connectivity index (χ0n) is 14.4. The second-order valence-electron chi connectivity index (χ2n) is 5.82. The second-order valence-corrected chi connectivity index (χ2v) is 7.44. The van der Waals surface area contributed by atoms with Gasteiger partial charge in [-0.15, -0.1) is 11.3 Å². The Morgan fingerprint density at radius 3 is 2.32 bits per heavy atom. The maximum Gasteiger partial charge on any atom is 0.279 e. The first-order chi connectivity index (χ1) is 12.0. The molecule has 2 aromatic carbocycles. The summed E-state index contributed by atoms with van der Waals surface area (Å²) in [5, 5.41) is 0.605. The second kappa shape index (κ2) is 7.38. The maximum atomic E-state index is 12.5. The van der Waals surface area contributed by atoms with Crippen LogP contribution in [0.4, 0.5) is 0 Å². The minimum atomic E-state index is -0.254. The summed E-state index contributed by atoms with van der Waals surface area (Å²) < 4.78 is 2.10. The van der Waals surface area contributed by atoms with Crippen molar-refractivity contribution < 1.29 is 4.79 Å². The number of carbonyl (C=O) groups excluding carboxylic acids is 1. The standard InChI is InChI=1S/C20H19ClN2OS/c1-4-23-18(15-7-5-13(2)6-8-15)14(3)25-20(23)22-19(24)16-9-11-17(21)12-10-16/h5-12H,4H2,1-3H3. The van der Waals surface area contributed by atoms with Gasteiger partial charge < -0.3 is 4.57 Å². The van der Waals surface area contributed by atoms with Crippen molar-refractivity contribution >= 4 is 28.8 Å². The van der Waals surface area contributed by atoms with E-state index in [9.17, 15) is 4.79 Å². The van der Waals surface area contributed by atoms with Gasteiger partial charge in [0.15, 0.2) is 4.80 Å². The summed E-state index contributed by atoms with van der Waals surface area (Å²) in [6.45, 7) is 6.96. The van der Waals surface area contributed by atoms with Crippen LogP contribution in [0, 0.1) is 13.8 Å². The van der Waals surface area contributed by atoms with E-state index in [1.165, 1.54) is 5.56 Å². The predicted molar refractivity (Wildman–Crippen MR) is 104 cm³/mol. The van der Waals surface area contributed by atoms with Gasteiger partial charge in [-0.3, -0.25) is 4.79 Å². The predicted octanol–water partition coefficient (Wildman–Crippen LogP) is 5.25. The molecule has 128 valence electrons. The molecular weight excluding hydrogens is 352 g/mol. The number of thiazole rings is 1. The number of hydrogen-bond acceptors (Lipinski definition) is 2. The van der Waals surface area contributed by atoms with E-state index in [0.29, 0.717) is 10.6 Å². The number of aryl methyl sites for hydroxylation is 2. The van der Waals surface area contributed by atoms with Crippen molar-refractivity contribution in [3.8, 4) is 11.3 Å². The fourth-order valence-electron chi connectivity index (χ4n) is 2.72. The van der Waals surface area contributed by atoms with E-state index in [4.69, 9.17) is 11.6 Å². The van der Waals surface area contributed by atoms with E-state index in [2.05, 4.69) is 54.6 Å². The van der Waals surface area contributed by atoms with Crippen LogP contribution < -0.4 is 4.80 Å². The number of hydrogen-bond donors (Lipinski definition) is 0. The van der Waals surface area contributed by atoms with E-state index in [1.54, 1.807) is 35.6 Å². The lowest BCUT2D eigenvalue weighted by Crippen LogP contribution is -2.17. The number of nitrogens with zero attached hydrogens (tertiary/aromatic N) is 2. The topological polar surface area (TPSA) is 34.4 Å². The lowest BCUT2D eigenvalue weighted by molar-refractivity contribution is 0.0998. The number of halogens is 1. The van der Waals surface area contributed by atoms with Crippen LogP contribution in [0.3, 0.4) is 0 Å². The van der Waals surface area contributed by atoms with Gasteiger partial charge in [0.05, 0.1) is 5.69 Å². The molecule has 3 aromatic rings. The molecule has 0 spiro atoms. The molecule has 3 nitrogen and oxygen atoms in total. The van der Waals surface area contributed by atoms with Crippen molar-refractivity contribution in [3.63, 3.8) is 0 Å². The molecule has 0 fully saturated rings. The Kier molecular flexibility index (Phi) is 5.21. The molecule has 0 radical (unpaired) electrons. The van der Waals surface area contributed by atoms with E-state index < -0.39 is 0 Å². The van der Waals surface area contributed by atoms with Gasteiger partial charge >= 0.3 is 0 Å². The summed E-state index contributed by atoms with van der Waals surface area (Å²) in [5.74, 6) is -0.254. The van der Waals surface area contributed by atoms with Crippen LogP contribution in [0.15, 0.2) is 53.5 Å². The normalized spacial score (nSPS) is 11.8. The molecule has 0 unspecified atom stereocenters. The highest BCUT2D eigenvalue weighted by atomic mass is 35.5. The van der Waals surface area contributed by atoms with Gasteiger partial charge in [-0.05, 0) is 50.6 Å². The molecular formula is C20H19ClN2OS. The molecule has 0 bridgehead atoms. The largest absolute Gasteiger partial charge is 0.316 e. The van der Waals surface area contributed by atoms with Crippen LogP contribution in [0.5, 0.6) is 0 Å². The average Bonchev–Trinajstić information content (AvgIpc) is 2.91. The van der Waals surface area contributed by atoms with E-state index >= 15 is 0 Å². The van der Waals surface area contributed by atoms with Gasteiger partial charge in [0, 0.05) is 22.0 Å². The Morgan fingerprint density at radius 2 is 1.72 bits per heavy atom. The Hall–Kier alpha value is -2.17. The molecule has 0 aliphatic carbocycles. The minimum absolute atomic E-state index is 0.254. The summed E-state index contributed by atoms with van der Waals surface area (Å²) in [5.41, 5.74) is 4.02. The van der Waals surface area contributed by atoms with Crippen LogP contribution in [0.2, 0.25) is 5.02 Å². The van der Waals surface area contributed by atoms with Crippen LogP contribution in [-0.2, 0) is 6.54 Å². The van der Waals surface area contributed by atoms with Gasteiger partial charge in [-0.1, -0.05) is 41.4 Å². The first kappa shape index (κ1) is 17.6.